The van der Waals surface area contributed by atoms with Crippen molar-refractivity contribution < 1.29 is 19.2 Å². The zero-order valence-corrected chi connectivity index (χ0v) is 20.8. The summed E-state index contributed by atoms with van der Waals surface area (Å²) in [5.74, 6) is -4.88. The van der Waals surface area contributed by atoms with Crippen LogP contribution in [0.15, 0.2) is 47.4 Å². The van der Waals surface area contributed by atoms with Gasteiger partial charge in [-0.15, -0.1) is 0 Å². The number of hydrogen-bond donors (Lipinski definition) is 5. The molecule has 6 N–H and O–H groups in total. The number of amides is 1. The fourth-order valence-electron chi connectivity index (χ4n) is 4.69. The zero-order valence-electron chi connectivity index (χ0n) is 20.8. The van der Waals surface area contributed by atoms with Gasteiger partial charge in [-0.2, -0.15) is 5.26 Å². The average molecular weight is 505 g/mol. The molecule has 3 unspecified atom stereocenters. The Kier molecular flexibility index (Phi) is 7.57. The number of H-pyrrole nitrogens is 2. The number of rotatable bonds is 10. The molecule has 11 nitrogen and oxygen atoms in total. The number of nitrogens with one attached hydrogen (secondary N) is 4. The van der Waals surface area contributed by atoms with Crippen LogP contribution in [0.1, 0.15) is 47.2 Å². The molecule has 0 spiro atoms. The first-order valence-corrected chi connectivity index (χ1v) is 11.4. The Morgan fingerprint density at radius 3 is 2.49 bits per heavy atom. The Balaban J connectivity index is 2.19. The molecular formula is C26H28N6O5. The summed E-state index contributed by atoms with van der Waals surface area (Å²) in [5, 5.41) is 15.3. The number of fused-ring (bicyclic) bond motifs is 1. The predicted octanol–water partition coefficient (Wildman–Crippen LogP) is 1.01. The minimum absolute atomic E-state index is 0.0325. The first kappa shape index (κ1) is 27.2. The fourth-order valence-corrected chi connectivity index (χ4v) is 4.69. The maximum absolute atomic E-state index is 13.9. The van der Waals surface area contributed by atoms with Crippen LogP contribution in [-0.2, 0) is 9.59 Å². The molecule has 0 aliphatic heterocycles. The molecule has 0 fully saturated rings. The summed E-state index contributed by atoms with van der Waals surface area (Å²) in [7, 11) is 1.58. The summed E-state index contributed by atoms with van der Waals surface area (Å²) in [6, 6.07) is 11.0. The third-order valence-corrected chi connectivity index (χ3v) is 6.73. The number of Topliss-reactive ketones (excluding diaryl/α,β-unsaturated/α-hetero) is 2. The Morgan fingerprint density at radius 2 is 1.89 bits per heavy atom. The van der Waals surface area contributed by atoms with Gasteiger partial charge in [0.05, 0.1) is 17.2 Å². The monoisotopic (exact) mass is 504 g/mol. The van der Waals surface area contributed by atoms with E-state index in [2.05, 4.69) is 20.6 Å². The topological polar surface area (TPSA) is 191 Å². The summed E-state index contributed by atoms with van der Waals surface area (Å²) in [5.41, 5.74) is 3.24. The molecule has 1 amide bonds. The zero-order chi connectivity index (χ0) is 27.5. The highest BCUT2D eigenvalue weighted by Gasteiger charge is 2.54. The highest BCUT2D eigenvalue weighted by Crippen LogP contribution is 2.35. The van der Waals surface area contributed by atoms with Crippen molar-refractivity contribution in [2.45, 2.75) is 32.0 Å². The van der Waals surface area contributed by atoms with Crippen LogP contribution in [0.4, 0.5) is 0 Å². The van der Waals surface area contributed by atoms with Crippen molar-refractivity contribution in [3.63, 3.8) is 0 Å². The number of pyridine rings is 1. The summed E-state index contributed by atoms with van der Waals surface area (Å²) in [4.78, 5) is 69.2. The molecule has 3 rings (SSSR count). The Hall–Kier alpha value is -4.40. The molecule has 192 valence electrons. The number of carbonyl (C=O) groups is 4. The second kappa shape index (κ2) is 10.3. The molecule has 0 aliphatic rings. The molecule has 0 aliphatic carbocycles. The minimum atomic E-state index is -2.31. The molecule has 37 heavy (non-hydrogen) atoms. The van der Waals surface area contributed by atoms with E-state index in [0.717, 1.165) is 0 Å². The number of nitrogens with two attached hydrogens (primary N) is 1. The third kappa shape index (κ3) is 5.11. The average Bonchev–Trinajstić information content (AvgIpc) is 3.31. The number of nitriles is 1. The summed E-state index contributed by atoms with van der Waals surface area (Å²) >= 11 is 0. The van der Waals surface area contributed by atoms with E-state index in [-0.39, 0.29) is 17.5 Å². The van der Waals surface area contributed by atoms with Crippen LogP contribution >= 0.6 is 0 Å². The lowest BCUT2D eigenvalue weighted by Crippen LogP contribution is -2.73. The normalized spacial score (nSPS) is 14.7. The first-order chi connectivity index (χ1) is 17.4. The van der Waals surface area contributed by atoms with Gasteiger partial charge >= 0.3 is 0 Å². The van der Waals surface area contributed by atoms with Crippen molar-refractivity contribution in [3.05, 3.63) is 69.8 Å². The minimum Gasteiger partial charge on any atom is -0.351 e. The maximum Gasteiger partial charge on any atom is 0.269 e. The molecule has 2 heterocycles. The van der Waals surface area contributed by atoms with E-state index < -0.39 is 46.1 Å². The quantitative estimate of drug-likeness (QED) is 0.117. The van der Waals surface area contributed by atoms with E-state index in [1.807, 2.05) is 6.07 Å². The number of aldehydes is 1. The van der Waals surface area contributed by atoms with Gasteiger partial charge in [0, 0.05) is 34.5 Å². The molecule has 2 aromatic heterocycles. The number of ketones is 2. The molecule has 0 radical (unpaired) electrons. The van der Waals surface area contributed by atoms with Gasteiger partial charge in [0.15, 0.2) is 17.7 Å². The predicted molar refractivity (Wildman–Crippen MR) is 136 cm³/mol. The summed E-state index contributed by atoms with van der Waals surface area (Å²) in [6.45, 7) is 4.76. The lowest BCUT2D eigenvalue weighted by atomic mass is 9.67. The molecular weight excluding hydrogens is 476 g/mol. The van der Waals surface area contributed by atoms with Crippen LogP contribution in [0.2, 0.25) is 0 Å². The van der Waals surface area contributed by atoms with Crippen molar-refractivity contribution in [3.8, 4) is 6.07 Å². The van der Waals surface area contributed by atoms with E-state index in [1.165, 1.54) is 31.3 Å². The van der Waals surface area contributed by atoms with Gasteiger partial charge in [-0.3, -0.25) is 24.0 Å². The van der Waals surface area contributed by atoms with Gasteiger partial charge in [-0.05, 0) is 57.3 Å². The summed E-state index contributed by atoms with van der Waals surface area (Å²) in [6.07, 6.45) is 1.47. The lowest BCUT2D eigenvalue weighted by Gasteiger charge is -2.47. The SMILES string of the molecule is CNC(C)(C)C(C(C)C(=O)C=O)C(N)(NC(=O)c1cc2cc(C#N)ccc2[nH]1)C(=O)c1ccc[nH]c1=O. The van der Waals surface area contributed by atoms with E-state index >= 15 is 0 Å². The number of benzene rings is 1. The van der Waals surface area contributed by atoms with Crippen LogP contribution in [0.3, 0.4) is 0 Å². The number of nitrogens with zero attached hydrogens (tertiary/aromatic N) is 1. The van der Waals surface area contributed by atoms with E-state index in [1.54, 1.807) is 39.1 Å². The maximum atomic E-state index is 13.9. The Morgan fingerprint density at radius 1 is 1.19 bits per heavy atom. The Labute approximate surface area is 212 Å². The van der Waals surface area contributed by atoms with Crippen molar-refractivity contribution in [2.75, 3.05) is 7.05 Å². The number of hydrogen-bond acceptors (Lipinski definition) is 8. The molecule has 0 bridgehead atoms. The molecule has 3 aromatic rings. The fraction of sp³-hybridized carbons (Fsp3) is 0.308. The molecule has 3 atom stereocenters. The van der Waals surface area contributed by atoms with Crippen molar-refractivity contribution in [1.82, 2.24) is 20.6 Å². The Bertz CT molecular complexity index is 1480. The third-order valence-electron chi connectivity index (χ3n) is 6.73. The van der Waals surface area contributed by atoms with Gasteiger partial charge in [0.25, 0.3) is 11.5 Å². The second-order valence-electron chi connectivity index (χ2n) is 9.42. The van der Waals surface area contributed by atoms with Crippen molar-refractivity contribution in [2.24, 2.45) is 17.6 Å². The largest absolute Gasteiger partial charge is 0.351 e. The second-order valence-corrected chi connectivity index (χ2v) is 9.42. The van der Waals surface area contributed by atoms with Gasteiger partial charge in [-0.1, -0.05) is 6.92 Å². The first-order valence-electron chi connectivity index (χ1n) is 11.4. The number of carbonyl (C=O) groups excluding carboxylic acids is 4. The number of aromatic amines is 2. The molecule has 11 heteroatoms. The molecule has 0 saturated carbocycles. The molecule has 0 saturated heterocycles. The van der Waals surface area contributed by atoms with Gasteiger partial charge in [0.2, 0.25) is 5.78 Å². The van der Waals surface area contributed by atoms with Crippen molar-refractivity contribution in [1.29, 1.82) is 5.26 Å². The van der Waals surface area contributed by atoms with Crippen LogP contribution in [0.5, 0.6) is 0 Å². The van der Waals surface area contributed by atoms with Crippen molar-refractivity contribution >= 4 is 34.7 Å². The van der Waals surface area contributed by atoms with Crippen LogP contribution < -0.4 is 21.9 Å². The van der Waals surface area contributed by atoms with Crippen LogP contribution in [-0.4, -0.2) is 52.0 Å². The highest BCUT2D eigenvalue weighted by atomic mass is 16.2. The van der Waals surface area contributed by atoms with Crippen LogP contribution in [0, 0.1) is 23.2 Å². The highest BCUT2D eigenvalue weighted by molar-refractivity contribution is 6.26. The lowest BCUT2D eigenvalue weighted by molar-refractivity contribution is -0.134. The van der Waals surface area contributed by atoms with Crippen LogP contribution in [0.25, 0.3) is 10.9 Å². The smallest absolute Gasteiger partial charge is 0.269 e. The van der Waals surface area contributed by atoms with Gasteiger partial charge < -0.3 is 26.3 Å². The number of aromatic nitrogens is 2. The van der Waals surface area contributed by atoms with E-state index in [0.29, 0.717) is 16.5 Å². The van der Waals surface area contributed by atoms with E-state index in [9.17, 15) is 24.0 Å². The molecule has 1 aromatic carbocycles. The summed E-state index contributed by atoms with van der Waals surface area (Å²) < 4.78 is 0. The van der Waals surface area contributed by atoms with E-state index in [4.69, 9.17) is 11.0 Å². The standard InChI is InChI=1S/C26H28N6O5/c1-14(20(34)13-33)21(25(2,3)29-4)26(28,22(35)17-6-5-9-30-23(17)36)32-24(37)19-11-16-10-15(12-27)7-8-18(16)31-19/h5-11,13-14,21,29,31H,28H2,1-4H3,(H,30,36)(H,32,37). The van der Waals surface area contributed by atoms with Gasteiger partial charge in [0.1, 0.15) is 5.69 Å². The van der Waals surface area contributed by atoms with Gasteiger partial charge in [-0.25, -0.2) is 0 Å².